The summed E-state index contributed by atoms with van der Waals surface area (Å²) in [5.41, 5.74) is 3.17. The second-order valence-corrected chi connectivity index (χ2v) is 7.21. The Bertz CT molecular complexity index is 849. The van der Waals surface area contributed by atoms with E-state index in [0.717, 1.165) is 42.8 Å². The molecule has 2 aromatic rings. The molecule has 0 saturated carbocycles. The topological polar surface area (TPSA) is 90.3 Å². The molecule has 2 N–H and O–H groups in total. The van der Waals surface area contributed by atoms with Gasteiger partial charge in [0.05, 0.1) is 32.0 Å². The summed E-state index contributed by atoms with van der Waals surface area (Å²) in [5, 5.41) is 14.8. The normalized spacial score (nSPS) is 15.3. The first-order valence-electron chi connectivity index (χ1n) is 9.62. The number of piperidine rings is 1. The third kappa shape index (κ3) is 4.82. The molecule has 0 aliphatic carbocycles. The van der Waals surface area contributed by atoms with Crippen molar-refractivity contribution >= 4 is 18.3 Å². The molecule has 1 aromatic carbocycles. The van der Waals surface area contributed by atoms with E-state index in [-0.39, 0.29) is 24.4 Å². The van der Waals surface area contributed by atoms with Crippen LogP contribution in [0.4, 0.5) is 0 Å². The predicted molar refractivity (Wildman–Crippen MR) is 113 cm³/mol. The molecule has 160 valence electrons. The van der Waals surface area contributed by atoms with E-state index >= 15 is 0 Å². The molecule has 29 heavy (non-hydrogen) atoms. The molecule has 2 heterocycles. The Morgan fingerprint density at radius 2 is 1.83 bits per heavy atom. The van der Waals surface area contributed by atoms with Crippen molar-refractivity contribution in [3.8, 4) is 11.5 Å². The highest BCUT2D eigenvalue weighted by atomic mass is 35.5. The van der Waals surface area contributed by atoms with Gasteiger partial charge in [0.25, 0.3) is 5.91 Å². The molecule has 1 aliphatic rings. The minimum atomic E-state index is -0.223. The smallest absolute Gasteiger partial charge is 0.274 e. The summed E-state index contributed by atoms with van der Waals surface area (Å²) in [7, 11) is 3.21. The van der Waals surface area contributed by atoms with E-state index in [2.05, 4.69) is 20.9 Å². The molecule has 0 spiro atoms. The summed E-state index contributed by atoms with van der Waals surface area (Å²) < 4.78 is 12.6. The maximum atomic E-state index is 12.8. The average Bonchev–Trinajstić information content (AvgIpc) is 3.09. The van der Waals surface area contributed by atoms with E-state index in [1.54, 1.807) is 14.2 Å². The number of nitrogens with one attached hydrogen (secondary N) is 2. The van der Waals surface area contributed by atoms with Gasteiger partial charge < -0.3 is 20.1 Å². The second-order valence-electron chi connectivity index (χ2n) is 7.21. The van der Waals surface area contributed by atoms with Crippen molar-refractivity contribution in [2.75, 3.05) is 27.3 Å². The number of halogens is 1. The van der Waals surface area contributed by atoms with E-state index < -0.39 is 0 Å². The minimum Gasteiger partial charge on any atom is -0.493 e. The Kier molecular flexibility index (Phi) is 7.87. The maximum absolute atomic E-state index is 12.8. The highest BCUT2D eigenvalue weighted by Crippen LogP contribution is 2.33. The first-order chi connectivity index (χ1) is 13.5. The van der Waals surface area contributed by atoms with Gasteiger partial charge in [-0.1, -0.05) is 5.21 Å². The quantitative estimate of drug-likeness (QED) is 0.742. The van der Waals surface area contributed by atoms with E-state index in [4.69, 9.17) is 9.47 Å². The Balaban J connectivity index is 0.00000300. The molecule has 1 unspecified atom stereocenters. The zero-order valence-electron chi connectivity index (χ0n) is 17.6. The van der Waals surface area contributed by atoms with Gasteiger partial charge in [-0.25, -0.2) is 4.68 Å². The summed E-state index contributed by atoms with van der Waals surface area (Å²) in [6.07, 6.45) is 1.99. The molecule has 8 nitrogen and oxygen atoms in total. The molecule has 0 radical (unpaired) electrons. The average molecular weight is 424 g/mol. The van der Waals surface area contributed by atoms with Crippen LogP contribution in [-0.2, 0) is 0 Å². The van der Waals surface area contributed by atoms with Crippen LogP contribution in [-0.4, -0.2) is 48.2 Å². The highest BCUT2D eigenvalue weighted by molar-refractivity contribution is 5.93. The minimum absolute atomic E-state index is 0. The van der Waals surface area contributed by atoms with Crippen LogP contribution in [0.5, 0.6) is 11.5 Å². The largest absolute Gasteiger partial charge is 0.493 e. The molecule has 0 bridgehead atoms. The molecular formula is C20H30ClN5O3. The fourth-order valence-electron chi connectivity index (χ4n) is 3.75. The Morgan fingerprint density at radius 3 is 2.45 bits per heavy atom. The zero-order valence-corrected chi connectivity index (χ0v) is 18.4. The Hall–Kier alpha value is -2.32. The summed E-state index contributed by atoms with van der Waals surface area (Å²) >= 11 is 0. The summed E-state index contributed by atoms with van der Waals surface area (Å²) in [6.45, 7) is 7.75. The molecule has 1 fully saturated rings. The number of ether oxygens (including phenoxy) is 2. The Labute approximate surface area is 177 Å². The molecule has 1 amide bonds. The standard InChI is InChI=1S/C20H29N5O3.ClH/c1-12-10-17(27-4)18(28-5)11-16(12)13(2)22-20(26)19-14(3)25(24-23-19)15-6-8-21-9-7-15;/h10-11,13,15,21H,6-9H2,1-5H3,(H,22,26);1H. The lowest BCUT2D eigenvalue weighted by molar-refractivity contribution is 0.0934. The second kappa shape index (κ2) is 9.93. The van der Waals surface area contributed by atoms with E-state index in [9.17, 15) is 4.79 Å². The number of rotatable bonds is 6. The lowest BCUT2D eigenvalue weighted by Crippen LogP contribution is -2.31. The molecule has 1 saturated heterocycles. The maximum Gasteiger partial charge on any atom is 0.274 e. The van der Waals surface area contributed by atoms with Crippen molar-refractivity contribution in [3.63, 3.8) is 0 Å². The fraction of sp³-hybridized carbons (Fsp3) is 0.550. The first kappa shape index (κ1) is 23.0. The molecule has 1 aliphatic heterocycles. The van der Waals surface area contributed by atoms with Crippen LogP contribution in [0, 0.1) is 13.8 Å². The molecular weight excluding hydrogens is 394 g/mol. The SMILES string of the molecule is COc1cc(C)c(C(C)NC(=O)c2nnn(C3CCNCC3)c2C)cc1OC.Cl. The number of hydrogen-bond acceptors (Lipinski definition) is 6. The van der Waals surface area contributed by atoms with Crippen LogP contribution in [0.25, 0.3) is 0 Å². The van der Waals surface area contributed by atoms with Crippen molar-refractivity contribution < 1.29 is 14.3 Å². The third-order valence-corrected chi connectivity index (χ3v) is 5.38. The van der Waals surface area contributed by atoms with Gasteiger partial charge in [0, 0.05) is 0 Å². The van der Waals surface area contributed by atoms with Gasteiger partial charge >= 0.3 is 0 Å². The number of nitrogens with zero attached hydrogens (tertiary/aromatic N) is 3. The van der Waals surface area contributed by atoms with Crippen molar-refractivity contribution in [1.82, 2.24) is 25.6 Å². The van der Waals surface area contributed by atoms with Gasteiger partial charge in [0.1, 0.15) is 0 Å². The number of methoxy groups -OCH3 is 2. The van der Waals surface area contributed by atoms with E-state index in [0.29, 0.717) is 23.2 Å². The van der Waals surface area contributed by atoms with Crippen LogP contribution < -0.4 is 20.1 Å². The summed E-state index contributed by atoms with van der Waals surface area (Å²) in [5.74, 6) is 1.08. The number of aryl methyl sites for hydroxylation is 1. The van der Waals surface area contributed by atoms with Gasteiger partial charge in [0.15, 0.2) is 17.2 Å². The van der Waals surface area contributed by atoms with Crippen LogP contribution in [0.1, 0.15) is 59.2 Å². The van der Waals surface area contributed by atoms with Crippen molar-refractivity contribution in [2.45, 2.75) is 45.7 Å². The third-order valence-electron chi connectivity index (χ3n) is 5.38. The molecule has 3 rings (SSSR count). The van der Waals surface area contributed by atoms with Gasteiger partial charge in [-0.2, -0.15) is 0 Å². The summed E-state index contributed by atoms with van der Waals surface area (Å²) in [4.78, 5) is 12.8. The van der Waals surface area contributed by atoms with Gasteiger partial charge in [-0.3, -0.25) is 4.79 Å². The van der Waals surface area contributed by atoms with Crippen LogP contribution in [0.3, 0.4) is 0 Å². The lowest BCUT2D eigenvalue weighted by atomic mass is 10.0. The number of benzene rings is 1. The van der Waals surface area contributed by atoms with Gasteiger partial charge in [-0.05, 0) is 70.0 Å². The van der Waals surface area contributed by atoms with Gasteiger partial charge in [-0.15, -0.1) is 17.5 Å². The molecule has 9 heteroatoms. The fourth-order valence-corrected chi connectivity index (χ4v) is 3.75. The predicted octanol–water partition coefficient (Wildman–Crippen LogP) is 2.75. The molecule has 1 aromatic heterocycles. The van der Waals surface area contributed by atoms with Crippen molar-refractivity contribution in [2.24, 2.45) is 0 Å². The van der Waals surface area contributed by atoms with Gasteiger partial charge in [0.2, 0.25) is 0 Å². The summed E-state index contributed by atoms with van der Waals surface area (Å²) in [6, 6.07) is 3.89. The number of carbonyl (C=O) groups excluding carboxylic acids is 1. The number of amides is 1. The van der Waals surface area contributed by atoms with E-state index in [1.807, 2.05) is 37.6 Å². The van der Waals surface area contributed by atoms with Crippen LogP contribution >= 0.6 is 12.4 Å². The molecule has 1 atom stereocenters. The number of hydrogen-bond donors (Lipinski definition) is 2. The van der Waals surface area contributed by atoms with Crippen molar-refractivity contribution in [1.29, 1.82) is 0 Å². The monoisotopic (exact) mass is 423 g/mol. The van der Waals surface area contributed by atoms with Crippen molar-refractivity contribution in [3.05, 3.63) is 34.6 Å². The first-order valence-corrected chi connectivity index (χ1v) is 9.62. The Morgan fingerprint density at radius 1 is 1.21 bits per heavy atom. The van der Waals surface area contributed by atoms with E-state index in [1.165, 1.54) is 0 Å². The highest BCUT2D eigenvalue weighted by Gasteiger charge is 2.24. The van der Waals surface area contributed by atoms with Crippen LogP contribution in [0.15, 0.2) is 12.1 Å². The lowest BCUT2D eigenvalue weighted by Gasteiger charge is -2.23. The van der Waals surface area contributed by atoms with Crippen LogP contribution in [0.2, 0.25) is 0 Å². The number of carbonyl (C=O) groups is 1. The zero-order chi connectivity index (χ0) is 20.3. The number of aromatic nitrogens is 3.